The van der Waals surface area contributed by atoms with Crippen LogP contribution in [-0.4, -0.2) is 22.8 Å². The molecule has 0 unspecified atom stereocenters. The Morgan fingerprint density at radius 2 is 2.04 bits per heavy atom. The zero-order chi connectivity index (χ0) is 19.2. The standard InChI is InChI=1S/C20H17ClFN3O2/c1-27-15-8-5-14(6-9-15)7-10-20(26)23-19-11-12-25(24-19)13-16-17(21)3-2-4-18(16)22/h2-12H,13H2,1H3,(H,23,24,26)/b10-7+. The monoisotopic (exact) mass is 385 g/mol. The summed E-state index contributed by atoms with van der Waals surface area (Å²) in [5.74, 6) is 0.398. The van der Waals surface area contributed by atoms with Crippen molar-refractivity contribution in [2.24, 2.45) is 0 Å². The predicted octanol–water partition coefficient (Wildman–Crippen LogP) is 4.38. The lowest BCUT2D eigenvalue weighted by Gasteiger charge is -2.05. The number of methoxy groups -OCH3 is 1. The zero-order valence-electron chi connectivity index (χ0n) is 14.5. The minimum atomic E-state index is -0.397. The number of hydrogen-bond donors (Lipinski definition) is 1. The van der Waals surface area contributed by atoms with Gasteiger partial charge in [0.15, 0.2) is 5.82 Å². The molecule has 0 spiro atoms. The molecule has 1 N–H and O–H groups in total. The van der Waals surface area contributed by atoms with Crippen molar-refractivity contribution in [1.82, 2.24) is 9.78 Å². The maximum absolute atomic E-state index is 13.9. The highest BCUT2D eigenvalue weighted by Crippen LogP contribution is 2.20. The Morgan fingerprint density at radius 3 is 2.74 bits per heavy atom. The average molecular weight is 386 g/mol. The summed E-state index contributed by atoms with van der Waals surface area (Å²) in [6.07, 6.45) is 4.74. The van der Waals surface area contributed by atoms with E-state index < -0.39 is 5.82 Å². The minimum Gasteiger partial charge on any atom is -0.497 e. The first-order valence-corrected chi connectivity index (χ1v) is 8.52. The fourth-order valence-electron chi connectivity index (χ4n) is 2.42. The van der Waals surface area contributed by atoms with Crippen LogP contribution in [0.5, 0.6) is 5.75 Å². The number of amides is 1. The van der Waals surface area contributed by atoms with E-state index in [1.165, 1.54) is 16.8 Å². The predicted molar refractivity (Wildman–Crippen MR) is 103 cm³/mol. The summed E-state index contributed by atoms with van der Waals surface area (Å²) in [5.41, 5.74) is 1.21. The molecule has 27 heavy (non-hydrogen) atoms. The molecule has 138 valence electrons. The van der Waals surface area contributed by atoms with Crippen molar-refractivity contribution in [2.45, 2.75) is 6.54 Å². The lowest BCUT2D eigenvalue weighted by molar-refractivity contribution is -0.111. The van der Waals surface area contributed by atoms with E-state index in [-0.39, 0.29) is 12.5 Å². The van der Waals surface area contributed by atoms with Crippen LogP contribution in [-0.2, 0) is 11.3 Å². The van der Waals surface area contributed by atoms with Gasteiger partial charge in [-0.2, -0.15) is 5.10 Å². The minimum absolute atomic E-state index is 0.170. The Hall–Kier alpha value is -3.12. The molecule has 0 radical (unpaired) electrons. The van der Waals surface area contributed by atoms with E-state index >= 15 is 0 Å². The number of nitrogens with one attached hydrogen (secondary N) is 1. The van der Waals surface area contributed by atoms with Gasteiger partial charge in [-0.3, -0.25) is 9.48 Å². The first-order chi connectivity index (χ1) is 13.0. The Morgan fingerprint density at radius 1 is 1.26 bits per heavy atom. The molecule has 0 aliphatic rings. The van der Waals surface area contributed by atoms with E-state index in [1.807, 2.05) is 24.3 Å². The third kappa shape index (κ3) is 4.95. The van der Waals surface area contributed by atoms with Gasteiger partial charge in [-0.1, -0.05) is 29.8 Å². The van der Waals surface area contributed by atoms with E-state index in [9.17, 15) is 9.18 Å². The Kier molecular flexibility index (Phi) is 5.88. The summed E-state index contributed by atoms with van der Waals surface area (Å²) in [6.45, 7) is 0.170. The van der Waals surface area contributed by atoms with Gasteiger partial charge in [0.1, 0.15) is 11.6 Å². The third-order valence-corrected chi connectivity index (χ3v) is 4.17. The van der Waals surface area contributed by atoms with Gasteiger partial charge in [0.2, 0.25) is 5.91 Å². The van der Waals surface area contributed by atoms with Crippen LogP contribution in [0.1, 0.15) is 11.1 Å². The van der Waals surface area contributed by atoms with Crippen LogP contribution < -0.4 is 10.1 Å². The van der Waals surface area contributed by atoms with Crippen LogP contribution in [0, 0.1) is 5.82 Å². The molecule has 1 amide bonds. The summed E-state index contributed by atoms with van der Waals surface area (Å²) in [5, 5.41) is 7.21. The second-order valence-corrected chi connectivity index (χ2v) is 6.10. The average Bonchev–Trinajstić information content (AvgIpc) is 3.10. The van der Waals surface area contributed by atoms with Crippen LogP contribution >= 0.6 is 11.6 Å². The van der Waals surface area contributed by atoms with Crippen LogP contribution in [0.3, 0.4) is 0 Å². The number of aromatic nitrogens is 2. The molecule has 0 aliphatic heterocycles. The van der Waals surface area contributed by atoms with Crippen molar-refractivity contribution in [3.8, 4) is 5.75 Å². The summed E-state index contributed by atoms with van der Waals surface area (Å²) in [7, 11) is 1.59. The van der Waals surface area contributed by atoms with Gasteiger partial charge in [0, 0.05) is 28.9 Å². The maximum atomic E-state index is 13.9. The van der Waals surface area contributed by atoms with Crippen molar-refractivity contribution >= 4 is 29.4 Å². The molecule has 7 heteroatoms. The smallest absolute Gasteiger partial charge is 0.249 e. The molecule has 2 aromatic carbocycles. The van der Waals surface area contributed by atoms with Crippen molar-refractivity contribution < 1.29 is 13.9 Å². The molecule has 5 nitrogen and oxygen atoms in total. The number of rotatable bonds is 6. The van der Waals surface area contributed by atoms with Crippen LogP contribution in [0.2, 0.25) is 5.02 Å². The molecule has 1 aromatic heterocycles. The second kappa shape index (κ2) is 8.51. The van der Waals surface area contributed by atoms with Crippen LogP contribution in [0.25, 0.3) is 6.08 Å². The number of halogens is 2. The normalized spacial score (nSPS) is 10.9. The van der Waals surface area contributed by atoms with Crippen molar-refractivity contribution in [3.05, 3.63) is 82.8 Å². The topological polar surface area (TPSA) is 56.1 Å². The highest BCUT2D eigenvalue weighted by Gasteiger charge is 2.09. The quantitative estimate of drug-likeness (QED) is 0.640. The highest BCUT2D eigenvalue weighted by molar-refractivity contribution is 6.31. The number of hydrogen-bond acceptors (Lipinski definition) is 3. The molecule has 3 rings (SSSR count). The third-order valence-electron chi connectivity index (χ3n) is 3.82. The molecule has 0 aliphatic carbocycles. The van der Waals surface area contributed by atoms with Crippen LogP contribution in [0.15, 0.2) is 60.8 Å². The van der Waals surface area contributed by atoms with Gasteiger partial charge >= 0.3 is 0 Å². The number of carbonyl (C=O) groups is 1. The molecule has 0 saturated carbocycles. The van der Waals surface area contributed by atoms with Gasteiger partial charge in [0.25, 0.3) is 0 Å². The fourth-order valence-corrected chi connectivity index (χ4v) is 2.64. The summed E-state index contributed by atoms with van der Waals surface area (Å²) in [4.78, 5) is 12.0. The van der Waals surface area contributed by atoms with Gasteiger partial charge in [-0.25, -0.2) is 4.39 Å². The molecule has 0 fully saturated rings. The highest BCUT2D eigenvalue weighted by atomic mass is 35.5. The summed E-state index contributed by atoms with van der Waals surface area (Å²) in [6, 6.07) is 13.5. The first kappa shape index (κ1) is 18.7. The molecule has 1 heterocycles. The van der Waals surface area contributed by atoms with Gasteiger partial charge in [0.05, 0.1) is 13.7 Å². The molecule has 0 saturated heterocycles. The lowest BCUT2D eigenvalue weighted by atomic mass is 10.2. The SMILES string of the molecule is COc1ccc(/C=C/C(=O)Nc2ccn(Cc3c(F)cccc3Cl)n2)cc1. The fraction of sp³-hybridized carbons (Fsp3) is 0.100. The second-order valence-electron chi connectivity index (χ2n) is 5.69. The molecule has 0 atom stereocenters. The zero-order valence-corrected chi connectivity index (χ0v) is 15.3. The Balaban J connectivity index is 1.61. The van der Waals surface area contributed by atoms with Crippen LogP contribution in [0.4, 0.5) is 10.2 Å². The molecular formula is C20H17ClFN3O2. The van der Waals surface area contributed by atoms with E-state index in [4.69, 9.17) is 16.3 Å². The van der Waals surface area contributed by atoms with E-state index in [2.05, 4.69) is 10.4 Å². The molecular weight excluding hydrogens is 369 g/mol. The van der Waals surface area contributed by atoms with Gasteiger partial charge in [-0.15, -0.1) is 0 Å². The lowest BCUT2D eigenvalue weighted by Crippen LogP contribution is -2.09. The number of anilines is 1. The Bertz CT molecular complexity index is 947. The number of nitrogens with zero attached hydrogens (tertiary/aromatic N) is 2. The van der Waals surface area contributed by atoms with Crippen molar-refractivity contribution in [2.75, 3.05) is 12.4 Å². The Labute approximate surface area is 161 Å². The van der Waals surface area contributed by atoms with Gasteiger partial charge < -0.3 is 10.1 Å². The van der Waals surface area contributed by atoms with Crippen molar-refractivity contribution in [3.63, 3.8) is 0 Å². The summed E-state index contributed by atoms with van der Waals surface area (Å²) >= 11 is 6.02. The number of ether oxygens (including phenoxy) is 1. The van der Waals surface area contributed by atoms with E-state index in [0.29, 0.717) is 16.4 Å². The van der Waals surface area contributed by atoms with Gasteiger partial charge in [-0.05, 0) is 35.9 Å². The van der Waals surface area contributed by atoms with E-state index in [0.717, 1.165) is 11.3 Å². The molecule has 0 bridgehead atoms. The number of benzene rings is 2. The number of carbonyl (C=O) groups excluding carboxylic acids is 1. The first-order valence-electron chi connectivity index (χ1n) is 8.14. The van der Waals surface area contributed by atoms with Crippen molar-refractivity contribution in [1.29, 1.82) is 0 Å². The molecule has 3 aromatic rings. The largest absolute Gasteiger partial charge is 0.497 e. The van der Waals surface area contributed by atoms with E-state index in [1.54, 1.807) is 37.6 Å². The summed E-state index contributed by atoms with van der Waals surface area (Å²) < 4.78 is 20.4. The maximum Gasteiger partial charge on any atom is 0.249 e.